The van der Waals surface area contributed by atoms with E-state index in [1.54, 1.807) is 19.0 Å². The van der Waals surface area contributed by atoms with Crippen LogP contribution in [-0.2, 0) is 15.3 Å². The zero-order valence-corrected chi connectivity index (χ0v) is 14.1. The fraction of sp³-hybridized carbons (Fsp3) is 0.467. The summed E-state index contributed by atoms with van der Waals surface area (Å²) in [7, 11) is 3.32. The fourth-order valence-electron chi connectivity index (χ4n) is 1.72. The molecule has 0 saturated heterocycles. The summed E-state index contributed by atoms with van der Waals surface area (Å²) >= 11 is 7.60. The van der Waals surface area contributed by atoms with Crippen molar-refractivity contribution in [3.05, 3.63) is 34.9 Å². The van der Waals surface area contributed by atoms with Gasteiger partial charge in [0.1, 0.15) is 0 Å². The second-order valence-corrected chi connectivity index (χ2v) is 6.21. The number of carbonyl (C=O) groups excluding carboxylic acids is 2. The highest BCUT2D eigenvalue weighted by Gasteiger charge is 2.18. The molecule has 0 fully saturated rings. The number of hydrogen-bond donors (Lipinski definition) is 1. The van der Waals surface area contributed by atoms with Gasteiger partial charge < -0.3 is 10.2 Å². The second-order valence-electron chi connectivity index (χ2n) is 4.82. The first-order valence-electron chi connectivity index (χ1n) is 6.73. The van der Waals surface area contributed by atoms with E-state index in [9.17, 15) is 9.59 Å². The lowest BCUT2D eigenvalue weighted by molar-refractivity contribution is -0.130. The highest BCUT2D eigenvalue weighted by atomic mass is 35.5. The Bertz CT molecular complexity index is 496. The minimum Gasteiger partial charge on any atom is -0.359 e. The number of benzene rings is 1. The van der Waals surface area contributed by atoms with Crippen LogP contribution in [-0.4, -0.2) is 42.6 Å². The van der Waals surface area contributed by atoms with E-state index in [0.29, 0.717) is 17.9 Å². The average Bonchev–Trinajstić information content (AvgIpc) is 2.47. The Morgan fingerprint density at radius 2 is 2.05 bits per heavy atom. The summed E-state index contributed by atoms with van der Waals surface area (Å²) in [6.45, 7) is 1.87. The molecule has 4 nitrogen and oxygen atoms in total. The van der Waals surface area contributed by atoms with E-state index in [4.69, 9.17) is 11.6 Å². The molecule has 0 saturated carbocycles. The quantitative estimate of drug-likeness (QED) is 0.837. The minimum absolute atomic E-state index is 0.0171. The van der Waals surface area contributed by atoms with E-state index in [2.05, 4.69) is 5.32 Å². The normalized spacial score (nSPS) is 11.8. The molecule has 0 radical (unpaired) electrons. The van der Waals surface area contributed by atoms with Gasteiger partial charge in [0.15, 0.2) is 0 Å². The zero-order chi connectivity index (χ0) is 15.8. The van der Waals surface area contributed by atoms with Gasteiger partial charge in [-0.15, -0.1) is 11.8 Å². The maximum Gasteiger partial charge on any atom is 0.232 e. The van der Waals surface area contributed by atoms with Gasteiger partial charge in [-0.3, -0.25) is 9.59 Å². The van der Waals surface area contributed by atoms with Crippen LogP contribution in [0.1, 0.15) is 18.9 Å². The lowest BCUT2D eigenvalue weighted by Gasteiger charge is -2.24. The zero-order valence-electron chi connectivity index (χ0n) is 12.6. The summed E-state index contributed by atoms with van der Waals surface area (Å²) in [5.41, 5.74) is 1.03. The molecule has 1 atom stereocenters. The molecule has 1 rings (SSSR count). The molecule has 0 aliphatic heterocycles. The van der Waals surface area contributed by atoms with Crippen LogP contribution in [0.15, 0.2) is 24.3 Å². The van der Waals surface area contributed by atoms with Gasteiger partial charge in [-0.05, 0) is 18.6 Å². The van der Waals surface area contributed by atoms with Crippen molar-refractivity contribution >= 4 is 35.2 Å². The van der Waals surface area contributed by atoms with Crippen LogP contribution in [0.25, 0.3) is 0 Å². The molecular weight excluding hydrogens is 308 g/mol. The summed E-state index contributed by atoms with van der Waals surface area (Å²) < 4.78 is 0. The number of hydrogen-bond acceptors (Lipinski definition) is 3. The number of halogens is 1. The highest BCUT2D eigenvalue weighted by molar-refractivity contribution is 7.99. The number of amides is 2. The highest BCUT2D eigenvalue weighted by Crippen LogP contribution is 2.21. The van der Waals surface area contributed by atoms with Crippen LogP contribution in [0.3, 0.4) is 0 Å². The molecule has 116 valence electrons. The molecule has 0 aromatic heterocycles. The van der Waals surface area contributed by atoms with Gasteiger partial charge in [0, 0.05) is 37.3 Å². The molecule has 0 aliphatic carbocycles. The fourth-order valence-corrected chi connectivity index (χ4v) is 2.95. The first kappa shape index (κ1) is 17.9. The Balaban J connectivity index is 2.39. The third kappa shape index (κ3) is 5.98. The van der Waals surface area contributed by atoms with E-state index in [1.807, 2.05) is 31.2 Å². The SMILES string of the molecule is CNC(=O)C[C@@H](C)N(C)C(=O)CSCc1ccccc1Cl. The molecule has 1 aromatic rings. The second kappa shape index (κ2) is 8.95. The van der Waals surface area contributed by atoms with Gasteiger partial charge in [0.2, 0.25) is 11.8 Å². The van der Waals surface area contributed by atoms with Gasteiger partial charge in [-0.2, -0.15) is 0 Å². The summed E-state index contributed by atoms with van der Waals surface area (Å²) in [6.07, 6.45) is 0.313. The molecule has 0 aliphatic rings. The van der Waals surface area contributed by atoms with E-state index in [1.165, 1.54) is 11.8 Å². The third-order valence-corrected chi connectivity index (χ3v) is 4.59. The molecule has 0 bridgehead atoms. The van der Waals surface area contributed by atoms with Gasteiger partial charge in [-0.1, -0.05) is 29.8 Å². The van der Waals surface area contributed by atoms with Crippen LogP contribution < -0.4 is 5.32 Å². The number of nitrogens with zero attached hydrogens (tertiary/aromatic N) is 1. The molecule has 6 heteroatoms. The van der Waals surface area contributed by atoms with Gasteiger partial charge in [0.25, 0.3) is 0 Å². The monoisotopic (exact) mass is 328 g/mol. The standard InChI is InChI=1S/C15H21ClN2O2S/c1-11(8-14(19)17-2)18(3)15(20)10-21-9-12-6-4-5-7-13(12)16/h4-7,11H,8-10H2,1-3H3,(H,17,19)/t11-/m1/s1. The van der Waals surface area contributed by atoms with Crippen molar-refractivity contribution in [1.29, 1.82) is 0 Å². The number of thioether (sulfide) groups is 1. The van der Waals surface area contributed by atoms with Gasteiger partial charge in [0.05, 0.1) is 5.75 Å². The largest absolute Gasteiger partial charge is 0.359 e. The Morgan fingerprint density at radius 3 is 2.67 bits per heavy atom. The van der Waals surface area contributed by atoms with Crippen LogP contribution in [0.4, 0.5) is 0 Å². The van der Waals surface area contributed by atoms with Gasteiger partial charge >= 0.3 is 0 Å². The molecular formula is C15H21ClN2O2S. The van der Waals surface area contributed by atoms with E-state index in [-0.39, 0.29) is 17.9 Å². The smallest absolute Gasteiger partial charge is 0.232 e. The summed E-state index contributed by atoms with van der Waals surface area (Å²) in [5, 5.41) is 3.28. The van der Waals surface area contributed by atoms with Crippen molar-refractivity contribution in [3.63, 3.8) is 0 Å². The summed E-state index contributed by atoms with van der Waals surface area (Å²) in [6, 6.07) is 7.50. The van der Waals surface area contributed by atoms with Crippen molar-refractivity contribution in [1.82, 2.24) is 10.2 Å². The van der Waals surface area contributed by atoms with Crippen molar-refractivity contribution in [2.24, 2.45) is 0 Å². The Kier molecular flexibility index (Phi) is 7.61. The lowest BCUT2D eigenvalue weighted by Crippen LogP contribution is -2.39. The van der Waals surface area contributed by atoms with Crippen molar-refractivity contribution < 1.29 is 9.59 Å². The molecule has 21 heavy (non-hydrogen) atoms. The predicted octanol–water partition coefficient (Wildman–Crippen LogP) is 2.56. The van der Waals surface area contributed by atoms with Crippen molar-refractivity contribution in [2.45, 2.75) is 25.1 Å². The van der Waals surface area contributed by atoms with E-state index >= 15 is 0 Å². The maximum atomic E-state index is 12.1. The van der Waals surface area contributed by atoms with E-state index in [0.717, 1.165) is 10.6 Å². The summed E-state index contributed by atoms with van der Waals surface area (Å²) in [4.78, 5) is 25.0. The average molecular weight is 329 g/mol. The number of rotatable bonds is 7. The molecule has 0 unspecified atom stereocenters. The third-order valence-electron chi connectivity index (χ3n) is 3.26. The molecule has 1 aromatic carbocycles. The van der Waals surface area contributed by atoms with E-state index < -0.39 is 0 Å². The lowest BCUT2D eigenvalue weighted by atomic mass is 10.2. The predicted molar refractivity (Wildman–Crippen MR) is 88.5 cm³/mol. The first-order chi connectivity index (χ1) is 9.95. The topological polar surface area (TPSA) is 49.4 Å². The first-order valence-corrected chi connectivity index (χ1v) is 8.26. The Hall–Kier alpha value is -1.20. The Labute approximate surface area is 135 Å². The molecule has 2 amide bonds. The molecule has 0 spiro atoms. The Morgan fingerprint density at radius 1 is 1.38 bits per heavy atom. The molecule has 0 heterocycles. The number of nitrogens with one attached hydrogen (secondary N) is 1. The molecule has 1 N–H and O–H groups in total. The van der Waals surface area contributed by atoms with Crippen molar-refractivity contribution in [3.8, 4) is 0 Å². The van der Waals surface area contributed by atoms with Gasteiger partial charge in [-0.25, -0.2) is 0 Å². The number of carbonyl (C=O) groups is 2. The minimum atomic E-state index is -0.113. The van der Waals surface area contributed by atoms with Crippen LogP contribution in [0.2, 0.25) is 5.02 Å². The van der Waals surface area contributed by atoms with Crippen molar-refractivity contribution in [2.75, 3.05) is 19.8 Å². The van der Waals surface area contributed by atoms with Crippen LogP contribution in [0.5, 0.6) is 0 Å². The van der Waals surface area contributed by atoms with Crippen LogP contribution in [0, 0.1) is 0 Å². The maximum absolute atomic E-state index is 12.1. The van der Waals surface area contributed by atoms with Crippen LogP contribution >= 0.6 is 23.4 Å². The summed E-state index contributed by atoms with van der Waals surface area (Å²) in [5.74, 6) is 1.03.